The van der Waals surface area contributed by atoms with Crippen LogP contribution in [0.2, 0.25) is 5.02 Å². The molecule has 0 amide bonds. The van der Waals surface area contributed by atoms with Gasteiger partial charge in [0.15, 0.2) is 4.77 Å². The number of halogens is 3. The topological polar surface area (TPSA) is 20.7 Å². The average Bonchev–Trinajstić information content (AvgIpc) is 2.67. The molecule has 0 saturated carbocycles. The number of aromatic nitrogens is 2. The van der Waals surface area contributed by atoms with Gasteiger partial charge in [0.05, 0.1) is 26.2 Å². The molecule has 1 heterocycles. The molecule has 0 atom stereocenters. The van der Waals surface area contributed by atoms with Gasteiger partial charge in [-0.15, -0.1) is 0 Å². The van der Waals surface area contributed by atoms with E-state index in [2.05, 4.69) is 20.9 Å². The lowest BCUT2D eigenvalue weighted by molar-refractivity contribution is 0.623. The number of H-pyrrole nitrogens is 1. The van der Waals surface area contributed by atoms with Crippen LogP contribution in [0.5, 0.6) is 0 Å². The number of imidazole rings is 1. The second-order valence-electron chi connectivity index (χ2n) is 4.45. The molecule has 0 aliphatic heterocycles. The summed E-state index contributed by atoms with van der Waals surface area (Å²) in [6.07, 6.45) is 0. The number of fused-ring (bicyclic) bond motifs is 1. The first-order chi connectivity index (χ1) is 9.49. The van der Waals surface area contributed by atoms with E-state index >= 15 is 0 Å². The van der Waals surface area contributed by atoms with Crippen LogP contribution in [0, 0.1) is 17.5 Å². The van der Waals surface area contributed by atoms with Gasteiger partial charge in [0.1, 0.15) is 5.82 Å². The van der Waals surface area contributed by atoms with Gasteiger partial charge in [-0.2, -0.15) is 0 Å². The molecule has 0 aliphatic carbocycles. The van der Waals surface area contributed by atoms with E-state index in [4.69, 9.17) is 23.8 Å². The van der Waals surface area contributed by atoms with Gasteiger partial charge in [0, 0.05) is 6.07 Å². The molecule has 0 unspecified atom stereocenters. The highest BCUT2D eigenvalue weighted by atomic mass is 79.9. The number of para-hydroxylation sites is 1. The molecule has 6 heteroatoms. The van der Waals surface area contributed by atoms with Gasteiger partial charge in [-0.25, -0.2) is 4.39 Å². The van der Waals surface area contributed by atoms with Crippen LogP contribution in [0.25, 0.3) is 16.7 Å². The van der Waals surface area contributed by atoms with Gasteiger partial charge in [-0.1, -0.05) is 23.7 Å². The minimum absolute atomic E-state index is 0.336. The molecule has 0 fully saturated rings. The number of rotatable bonds is 1. The van der Waals surface area contributed by atoms with Crippen molar-refractivity contribution in [2.75, 3.05) is 0 Å². The van der Waals surface area contributed by atoms with Crippen LogP contribution >= 0.6 is 39.7 Å². The fraction of sp³-hybridized carbons (Fsp3) is 0.0714. The summed E-state index contributed by atoms with van der Waals surface area (Å²) >= 11 is 14.8. The minimum atomic E-state index is -0.336. The summed E-state index contributed by atoms with van der Waals surface area (Å²) in [6.45, 7) is 1.96. The Morgan fingerprint density at radius 1 is 1.35 bits per heavy atom. The maximum Gasteiger partial charge on any atom is 0.182 e. The zero-order valence-corrected chi connectivity index (χ0v) is 13.5. The highest BCUT2D eigenvalue weighted by Crippen LogP contribution is 2.30. The Morgan fingerprint density at radius 2 is 2.10 bits per heavy atom. The van der Waals surface area contributed by atoms with E-state index < -0.39 is 0 Å². The zero-order valence-electron chi connectivity index (χ0n) is 10.4. The maximum absolute atomic E-state index is 13.6. The van der Waals surface area contributed by atoms with Crippen LogP contribution in [0.4, 0.5) is 4.39 Å². The number of nitrogens with one attached hydrogen (secondary N) is 1. The quantitative estimate of drug-likeness (QED) is 0.556. The number of aryl methyl sites for hydroxylation is 1. The van der Waals surface area contributed by atoms with Gasteiger partial charge in [-0.05, 0) is 52.8 Å². The molecule has 3 aromatic rings. The molecule has 0 bridgehead atoms. The summed E-state index contributed by atoms with van der Waals surface area (Å²) in [4.78, 5) is 3.01. The molecule has 1 aromatic heterocycles. The third-order valence-electron chi connectivity index (χ3n) is 3.14. The molecule has 1 N–H and O–H groups in total. The first-order valence-electron chi connectivity index (χ1n) is 5.84. The van der Waals surface area contributed by atoms with Crippen LogP contribution in [0.3, 0.4) is 0 Å². The van der Waals surface area contributed by atoms with E-state index in [1.807, 2.05) is 29.7 Å². The van der Waals surface area contributed by atoms with Gasteiger partial charge >= 0.3 is 0 Å². The number of benzene rings is 2. The molecule has 0 radical (unpaired) electrons. The molecule has 2 nitrogen and oxygen atoms in total. The standard InChI is InChI=1S/C14H9BrClFN2S/c1-7-3-2-4-9(16)13(7)19-12-5-8(15)10(17)6-11(12)18-14(19)20/h2-6H,1H3,(H,18,20). The molecule has 20 heavy (non-hydrogen) atoms. The number of hydrogen-bond acceptors (Lipinski definition) is 1. The molecule has 0 aliphatic rings. The van der Waals surface area contributed by atoms with Crippen LogP contribution in [-0.2, 0) is 0 Å². The van der Waals surface area contributed by atoms with Crippen molar-refractivity contribution < 1.29 is 4.39 Å². The molecule has 0 spiro atoms. The summed E-state index contributed by atoms with van der Waals surface area (Å²) in [5.41, 5.74) is 3.22. The van der Waals surface area contributed by atoms with Crippen molar-refractivity contribution in [1.29, 1.82) is 0 Å². The Bertz CT molecular complexity index is 864. The predicted octanol–water partition coefficient (Wildman–Crippen LogP) is 5.55. The van der Waals surface area contributed by atoms with E-state index in [9.17, 15) is 4.39 Å². The summed E-state index contributed by atoms with van der Waals surface area (Å²) in [7, 11) is 0. The van der Waals surface area contributed by atoms with Crippen molar-refractivity contribution in [3.63, 3.8) is 0 Å². The van der Waals surface area contributed by atoms with Crippen molar-refractivity contribution in [2.24, 2.45) is 0 Å². The van der Waals surface area contributed by atoms with Gasteiger partial charge in [-0.3, -0.25) is 4.57 Å². The zero-order chi connectivity index (χ0) is 14.4. The molecule has 2 aromatic carbocycles. The maximum atomic E-state index is 13.6. The number of hydrogen-bond donors (Lipinski definition) is 1. The van der Waals surface area contributed by atoms with Crippen molar-refractivity contribution in [3.8, 4) is 5.69 Å². The van der Waals surface area contributed by atoms with Crippen LogP contribution < -0.4 is 0 Å². The second kappa shape index (κ2) is 4.98. The molecule has 102 valence electrons. The van der Waals surface area contributed by atoms with E-state index in [-0.39, 0.29) is 5.82 Å². The van der Waals surface area contributed by atoms with E-state index in [1.54, 1.807) is 6.07 Å². The SMILES string of the molecule is Cc1cccc(Cl)c1-n1c(=S)[nH]c2cc(F)c(Br)cc21. The summed E-state index contributed by atoms with van der Waals surface area (Å²) in [6, 6.07) is 8.76. The summed E-state index contributed by atoms with van der Waals surface area (Å²) in [5.74, 6) is -0.336. The smallest absolute Gasteiger partial charge is 0.182 e. The highest BCUT2D eigenvalue weighted by molar-refractivity contribution is 9.10. The fourth-order valence-corrected chi connectivity index (χ4v) is 3.17. The lowest BCUT2D eigenvalue weighted by Crippen LogP contribution is -1.98. The predicted molar refractivity (Wildman–Crippen MR) is 85.9 cm³/mol. The van der Waals surface area contributed by atoms with Crippen molar-refractivity contribution >= 4 is 50.8 Å². The lowest BCUT2D eigenvalue weighted by Gasteiger charge is -2.10. The third-order valence-corrected chi connectivity index (χ3v) is 4.33. The Morgan fingerprint density at radius 3 is 2.80 bits per heavy atom. The Hall–Kier alpha value is -1.17. The summed E-state index contributed by atoms with van der Waals surface area (Å²) < 4.78 is 16.3. The Labute approximate surface area is 133 Å². The average molecular weight is 372 g/mol. The highest BCUT2D eigenvalue weighted by Gasteiger charge is 2.14. The fourth-order valence-electron chi connectivity index (χ4n) is 2.23. The first kappa shape index (κ1) is 13.8. The van der Waals surface area contributed by atoms with Crippen LogP contribution in [0.15, 0.2) is 34.8 Å². The lowest BCUT2D eigenvalue weighted by atomic mass is 10.2. The van der Waals surface area contributed by atoms with Crippen molar-refractivity contribution in [1.82, 2.24) is 9.55 Å². The number of aromatic amines is 1. The monoisotopic (exact) mass is 370 g/mol. The van der Waals surface area contributed by atoms with Gasteiger partial charge in [0.2, 0.25) is 0 Å². The minimum Gasteiger partial charge on any atom is -0.330 e. The largest absolute Gasteiger partial charge is 0.330 e. The van der Waals surface area contributed by atoms with Crippen LogP contribution in [0.1, 0.15) is 5.56 Å². The van der Waals surface area contributed by atoms with E-state index in [0.29, 0.717) is 19.8 Å². The van der Waals surface area contributed by atoms with Crippen molar-refractivity contribution in [2.45, 2.75) is 6.92 Å². The number of nitrogens with zero attached hydrogens (tertiary/aromatic N) is 1. The summed E-state index contributed by atoms with van der Waals surface area (Å²) in [5, 5.41) is 0.599. The van der Waals surface area contributed by atoms with Gasteiger partial charge < -0.3 is 4.98 Å². The molecule has 3 rings (SSSR count). The molecular weight excluding hydrogens is 363 g/mol. The Kier molecular flexibility index (Phi) is 3.44. The van der Waals surface area contributed by atoms with E-state index in [1.165, 1.54) is 6.07 Å². The second-order valence-corrected chi connectivity index (χ2v) is 6.10. The molecule has 0 saturated heterocycles. The van der Waals surface area contributed by atoms with Crippen LogP contribution in [-0.4, -0.2) is 9.55 Å². The van der Waals surface area contributed by atoms with Crippen molar-refractivity contribution in [3.05, 3.63) is 56.0 Å². The third kappa shape index (κ3) is 2.10. The van der Waals surface area contributed by atoms with Gasteiger partial charge in [0.25, 0.3) is 0 Å². The van der Waals surface area contributed by atoms with E-state index in [0.717, 1.165) is 16.8 Å². The Balaban J connectivity index is 2.46. The molecular formula is C14H9BrClFN2S. The first-order valence-corrected chi connectivity index (χ1v) is 7.42. The normalized spacial score (nSPS) is 11.2.